The average molecular weight is 385 g/mol. The Morgan fingerprint density at radius 3 is 2.15 bits per heavy atom. The van der Waals surface area contributed by atoms with Crippen molar-refractivity contribution < 1.29 is 27.5 Å². The van der Waals surface area contributed by atoms with E-state index >= 15 is 0 Å². The molecule has 0 heterocycles. The predicted octanol–water partition coefficient (Wildman–Crippen LogP) is -0.136. The number of ether oxygens (including phenoxy) is 1. The first-order valence-electron chi connectivity index (χ1n) is 8.00. The van der Waals surface area contributed by atoms with Crippen molar-refractivity contribution in [3.8, 4) is 0 Å². The summed E-state index contributed by atoms with van der Waals surface area (Å²) in [4.78, 5) is 34.4. The minimum atomic E-state index is -3.61. The van der Waals surface area contributed by atoms with Crippen molar-refractivity contribution in [1.82, 2.24) is 9.62 Å². The van der Waals surface area contributed by atoms with Crippen LogP contribution in [0.4, 0.5) is 0 Å². The third-order valence-electron chi connectivity index (χ3n) is 3.56. The zero-order valence-corrected chi connectivity index (χ0v) is 15.7. The lowest BCUT2D eigenvalue weighted by molar-refractivity contribution is -0.152. The molecule has 1 aromatic rings. The third kappa shape index (κ3) is 5.53. The number of sulfonamides is 1. The van der Waals surface area contributed by atoms with Crippen molar-refractivity contribution in [3.05, 3.63) is 29.8 Å². The van der Waals surface area contributed by atoms with Crippen LogP contribution in [0.3, 0.4) is 0 Å². The second-order valence-corrected chi connectivity index (χ2v) is 7.27. The fourth-order valence-corrected chi connectivity index (χ4v) is 3.50. The molecule has 1 atom stereocenters. The van der Waals surface area contributed by atoms with E-state index in [0.29, 0.717) is 13.1 Å². The molecule has 9 nitrogen and oxygen atoms in total. The molecule has 0 aromatic heterocycles. The number of nitrogens with two attached hydrogens (primary N) is 1. The maximum atomic E-state index is 12.4. The van der Waals surface area contributed by atoms with E-state index in [-0.39, 0.29) is 10.5 Å². The highest BCUT2D eigenvalue weighted by molar-refractivity contribution is 7.89. The van der Waals surface area contributed by atoms with E-state index in [1.165, 1.54) is 35.5 Å². The van der Waals surface area contributed by atoms with Crippen LogP contribution in [0.25, 0.3) is 0 Å². The van der Waals surface area contributed by atoms with Gasteiger partial charge in [-0.2, -0.15) is 4.31 Å². The number of hydrogen-bond acceptors (Lipinski definition) is 6. The zero-order valence-electron chi connectivity index (χ0n) is 14.9. The molecule has 1 aromatic carbocycles. The molecule has 0 aliphatic rings. The van der Waals surface area contributed by atoms with Gasteiger partial charge >= 0.3 is 5.97 Å². The Kier molecular flexibility index (Phi) is 7.72. The van der Waals surface area contributed by atoms with Crippen LogP contribution in [0.1, 0.15) is 31.1 Å². The molecule has 0 bridgehead atoms. The van der Waals surface area contributed by atoms with Crippen LogP contribution < -0.4 is 11.1 Å². The van der Waals surface area contributed by atoms with Crippen LogP contribution in [-0.2, 0) is 24.3 Å². The summed E-state index contributed by atoms with van der Waals surface area (Å²) in [5, 5.41) is 2.32. The molecule has 0 spiro atoms. The van der Waals surface area contributed by atoms with E-state index in [1.54, 1.807) is 13.8 Å². The van der Waals surface area contributed by atoms with Crippen LogP contribution in [0, 0.1) is 0 Å². The highest BCUT2D eigenvalue weighted by atomic mass is 32.2. The zero-order chi connectivity index (χ0) is 19.9. The van der Waals surface area contributed by atoms with Crippen LogP contribution in [0.15, 0.2) is 29.2 Å². The monoisotopic (exact) mass is 385 g/mol. The fourth-order valence-electron chi connectivity index (χ4n) is 2.04. The van der Waals surface area contributed by atoms with Gasteiger partial charge in [-0.05, 0) is 31.2 Å². The number of rotatable bonds is 9. The Hall–Kier alpha value is -2.46. The van der Waals surface area contributed by atoms with E-state index in [9.17, 15) is 22.8 Å². The first kappa shape index (κ1) is 21.6. The van der Waals surface area contributed by atoms with Crippen LogP contribution in [-0.4, -0.2) is 56.2 Å². The number of carbonyl (C=O) groups is 3. The van der Waals surface area contributed by atoms with Crippen molar-refractivity contribution in [2.45, 2.75) is 31.8 Å². The normalized spacial score (nSPS) is 12.5. The minimum Gasteiger partial charge on any atom is -0.451 e. The predicted molar refractivity (Wildman–Crippen MR) is 93.6 cm³/mol. The molecule has 2 amide bonds. The Labute approximate surface area is 152 Å². The van der Waals surface area contributed by atoms with Gasteiger partial charge in [-0.1, -0.05) is 13.8 Å². The largest absolute Gasteiger partial charge is 0.451 e. The minimum absolute atomic E-state index is 0.0763. The lowest BCUT2D eigenvalue weighted by Crippen LogP contribution is -2.36. The lowest BCUT2D eigenvalue weighted by Gasteiger charge is -2.18. The lowest BCUT2D eigenvalue weighted by atomic mass is 10.2. The number of primary amides is 1. The van der Waals surface area contributed by atoms with Gasteiger partial charge in [-0.25, -0.2) is 8.42 Å². The molecule has 0 aliphatic heterocycles. The van der Waals surface area contributed by atoms with Gasteiger partial charge in [0, 0.05) is 18.7 Å². The van der Waals surface area contributed by atoms with E-state index in [1.807, 2.05) is 0 Å². The van der Waals surface area contributed by atoms with Gasteiger partial charge in [0.2, 0.25) is 10.0 Å². The Balaban J connectivity index is 2.73. The highest BCUT2D eigenvalue weighted by Gasteiger charge is 2.22. The van der Waals surface area contributed by atoms with Crippen LogP contribution >= 0.6 is 0 Å². The molecule has 3 N–H and O–H groups in total. The smallest absolute Gasteiger partial charge is 0.326 e. The summed E-state index contributed by atoms with van der Waals surface area (Å²) in [5.74, 6) is -2.19. The topological polar surface area (TPSA) is 136 Å². The summed E-state index contributed by atoms with van der Waals surface area (Å²) in [6, 6.07) is 5.36. The van der Waals surface area contributed by atoms with Crippen molar-refractivity contribution in [3.63, 3.8) is 0 Å². The molecule has 1 rings (SSSR count). The van der Waals surface area contributed by atoms with E-state index in [2.05, 4.69) is 5.32 Å². The molecule has 144 valence electrons. The van der Waals surface area contributed by atoms with Gasteiger partial charge in [0.1, 0.15) is 6.54 Å². The Morgan fingerprint density at radius 2 is 1.69 bits per heavy atom. The number of esters is 1. The molecule has 26 heavy (non-hydrogen) atoms. The standard InChI is InChI=1S/C16H23N3O6S/c1-4-19(5-2)26(23,24)13-8-6-12(7-9-13)16(22)18-10-14(20)25-11(3)15(17)21/h6-9,11H,4-5,10H2,1-3H3,(H2,17,21)(H,18,22)/t11-/m1/s1. The quantitative estimate of drug-likeness (QED) is 0.568. The number of nitrogens with one attached hydrogen (secondary N) is 1. The molecule has 10 heteroatoms. The SMILES string of the molecule is CCN(CC)S(=O)(=O)c1ccc(C(=O)NCC(=O)O[C@H](C)C(N)=O)cc1. The molecule has 0 saturated heterocycles. The van der Waals surface area contributed by atoms with Gasteiger partial charge in [-0.15, -0.1) is 0 Å². The van der Waals surface area contributed by atoms with Crippen molar-refractivity contribution in [2.75, 3.05) is 19.6 Å². The number of benzene rings is 1. The molecular formula is C16H23N3O6S. The van der Waals surface area contributed by atoms with Crippen molar-refractivity contribution >= 4 is 27.8 Å². The first-order valence-corrected chi connectivity index (χ1v) is 9.44. The molecule has 0 aliphatic carbocycles. The second kappa shape index (κ2) is 9.30. The first-order chi connectivity index (χ1) is 12.1. The number of hydrogen-bond donors (Lipinski definition) is 2. The van der Waals surface area contributed by atoms with E-state index < -0.39 is 40.5 Å². The Morgan fingerprint density at radius 1 is 1.15 bits per heavy atom. The van der Waals surface area contributed by atoms with E-state index in [4.69, 9.17) is 10.5 Å². The maximum Gasteiger partial charge on any atom is 0.326 e. The summed E-state index contributed by atoms with van der Waals surface area (Å²) < 4.78 is 30.8. The fraction of sp³-hybridized carbons (Fsp3) is 0.438. The summed E-state index contributed by atoms with van der Waals surface area (Å²) in [7, 11) is -3.61. The number of amides is 2. The molecular weight excluding hydrogens is 362 g/mol. The van der Waals surface area contributed by atoms with Gasteiger partial charge in [0.15, 0.2) is 6.10 Å². The van der Waals surface area contributed by atoms with Crippen LogP contribution in [0.5, 0.6) is 0 Å². The molecule has 0 radical (unpaired) electrons. The third-order valence-corrected chi connectivity index (χ3v) is 5.63. The van der Waals surface area contributed by atoms with Gasteiger partial charge < -0.3 is 15.8 Å². The summed E-state index contributed by atoms with van der Waals surface area (Å²) >= 11 is 0. The highest BCUT2D eigenvalue weighted by Crippen LogP contribution is 2.16. The Bertz CT molecular complexity index is 757. The number of nitrogens with zero attached hydrogens (tertiary/aromatic N) is 1. The summed E-state index contributed by atoms with van der Waals surface area (Å²) in [5.41, 5.74) is 5.15. The second-order valence-electron chi connectivity index (χ2n) is 5.33. The van der Waals surface area contributed by atoms with Crippen molar-refractivity contribution in [1.29, 1.82) is 0 Å². The average Bonchev–Trinajstić information content (AvgIpc) is 2.60. The van der Waals surface area contributed by atoms with Gasteiger partial charge in [0.25, 0.3) is 11.8 Å². The number of carbonyl (C=O) groups excluding carboxylic acids is 3. The summed E-state index contributed by atoms with van der Waals surface area (Å²) in [6.07, 6.45) is -1.09. The van der Waals surface area contributed by atoms with Gasteiger partial charge in [-0.3, -0.25) is 14.4 Å². The molecule has 0 unspecified atom stereocenters. The van der Waals surface area contributed by atoms with Crippen molar-refractivity contribution in [2.24, 2.45) is 5.73 Å². The molecule has 0 saturated carbocycles. The molecule has 0 fully saturated rings. The van der Waals surface area contributed by atoms with Crippen LogP contribution in [0.2, 0.25) is 0 Å². The van der Waals surface area contributed by atoms with E-state index in [0.717, 1.165) is 0 Å². The summed E-state index contributed by atoms with van der Waals surface area (Å²) in [6.45, 7) is 5.02. The maximum absolute atomic E-state index is 12.4. The van der Waals surface area contributed by atoms with Gasteiger partial charge in [0.05, 0.1) is 4.90 Å².